The number of carbonyl (C=O) groups is 1. The van der Waals surface area contributed by atoms with Crippen LogP contribution in [0.4, 0.5) is 0 Å². The van der Waals surface area contributed by atoms with Crippen molar-refractivity contribution in [3.8, 4) is 0 Å². The molecule has 0 aromatic carbocycles. The van der Waals surface area contributed by atoms with E-state index in [1.54, 1.807) is 6.26 Å². The molecule has 300 valence electrons. The Kier molecular flexibility index (Phi) is 38.3. The van der Waals surface area contributed by atoms with Gasteiger partial charge in [0, 0.05) is 13.0 Å². The number of carbonyl (C=O) groups excluding carboxylic acids is 1. The number of allylic oxidation sites excluding steroid dienone is 11. The van der Waals surface area contributed by atoms with Crippen LogP contribution in [0.5, 0.6) is 0 Å². The van der Waals surface area contributed by atoms with Crippen molar-refractivity contribution in [2.45, 2.75) is 168 Å². The van der Waals surface area contributed by atoms with Crippen LogP contribution in [0.1, 0.15) is 162 Å². The van der Waals surface area contributed by atoms with Crippen molar-refractivity contribution in [2.75, 3.05) is 26.4 Å². The van der Waals surface area contributed by atoms with E-state index in [1.165, 1.54) is 70.6 Å². The Hall–Kier alpha value is -2.22. The molecule has 0 aliphatic heterocycles. The fraction of sp³-hybridized carbons (Fsp3) is 0.698. The van der Waals surface area contributed by atoms with Crippen molar-refractivity contribution in [3.05, 3.63) is 73.1 Å². The molecule has 0 aromatic heterocycles. The topological polar surface area (TPSA) is 117 Å². The second kappa shape index (κ2) is 40.0. The van der Waals surface area contributed by atoms with Crippen LogP contribution in [0.2, 0.25) is 0 Å². The molecule has 0 radical (unpaired) electrons. The molecule has 9 heteroatoms. The summed E-state index contributed by atoms with van der Waals surface area (Å²) in [5, 5.41) is 0. The molecule has 2 unspecified atom stereocenters. The summed E-state index contributed by atoms with van der Waals surface area (Å²) in [6.07, 6.45) is 50.1. The van der Waals surface area contributed by atoms with E-state index in [4.69, 9.17) is 24.3 Å². The Morgan fingerprint density at radius 2 is 1.10 bits per heavy atom. The van der Waals surface area contributed by atoms with Crippen molar-refractivity contribution in [1.29, 1.82) is 0 Å². The van der Waals surface area contributed by atoms with Gasteiger partial charge in [0.05, 0.1) is 19.5 Å². The third-order valence-electron chi connectivity index (χ3n) is 8.17. The number of unbranched alkanes of at least 4 members (excludes halogenated alkanes) is 15. The molecule has 0 rings (SSSR count). The summed E-state index contributed by atoms with van der Waals surface area (Å²) in [6, 6.07) is 0. The monoisotopic (exact) mass is 750 g/mol. The lowest BCUT2D eigenvalue weighted by atomic mass is 10.1. The lowest BCUT2D eigenvalue weighted by molar-refractivity contribution is -0.153. The Morgan fingerprint density at radius 3 is 1.65 bits per heavy atom. The predicted molar refractivity (Wildman–Crippen MR) is 219 cm³/mol. The van der Waals surface area contributed by atoms with Crippen LogP contribution >= 0.6 is 7.82 Å². The third kappa shape index (κ3) is 39.0. The number of rotatable bonds is 38. The van der Waals surface area contributed by atoms with Gasteiger partial charge in [0.25, 0.3) is 0 Å². The van der Waals surface area contributed by atoms with Gasteiger partial charge in [-0.3, -0.25) is 13.8 Å². The van der Waals surface area contributed by atoms with Crippen LogP contribution in [0.15, 0.2) is 73.1 Å². The van der Waals surface area contributed by atoms with Crippen molar-refractivity contribution in [2.24, 2.45) is 5.73 Å². The van der Waals surface area contributed by atoms with E-state index in [0.717, 1.165) is 70.6 Å². The van der Waals surface area contributed by atoms with E-state index in [2.05, 4.69) is 74.6 Å². The highest BCUT2D eigenvalue weighted by molar-refractivity contribution is 7.47. The SMILES string of the molecule is CCC=CCC=CCC=CCC=CCCCCCCC(=O)OC(COC=CCCCCCCCCC=CCCCCCC)COP(=O)(O)OCCN. The Labute approximate surface area is 318 Å². The van der Waals surface area contributed by atoms with Crippen LogP contribution < -0.4 is 5.73 Å². The van der Waals surface area contributed by atoms with Crippen LogP contribution in [-0.2, 0) is 27.9 Å². The first kappa shape index (κ1) is 49.8. The third-order valence-corrected chi connectivity index (χ3v) is 9.16. The molecule has 0 heterocycles. The standard InChI is InChI=1S/C43H76NO7P/c1-3-5-7-9-11-13-15-17-19-21-22-24-26-28-30-32-34-36-43(45)51-42(41-50-52(46,47)49-39-37-44)40-48-38-35-33-31-29-27-25-23-20-18-16-14-12-10-8-6-4-2/h5,7,11,13-14,16-17,19,22,24,35,38,42H,3-4,6,8-10,12,15,18,20-21,23,25-34,36-37,39-41,44H2,1-2H3,(H,46,47). The fourth-order valence-electron chi connectivity index (χ4n) is 5.18. The molecule has 0 aliphatic carbocycles. The van der Waals surface area contributed by atoms with E-state index in [9.17, 15) is 14.3 Å². The van der Waals surface area contributed by atoms with E-state index < -0.39 is 13.9 Å². The molecule has 0 fully saturated rings. The normalized spacial score (nSPS) is 14.2. The fourth-order valence-corrected chi connectivity index (χ4v) is 5.95. The van der Waals surface area contributed by atoms with E-state index in [-0.39, 0.29) is 38.8 Å². The quantitative estimate of drug-likeness (QED) is 0.0211. The second-order valence-electron chi connectivity index (χ2n) is 13.2. The molecule has 3 N–H and O–H groups in total. The summed E-state index contributed by atoms with van der Waals surface area (Å²) < 4.78 is 33.1. The summed E-state index contributed by atoms with van der Waals surface area (Å²) in [5.74, 6) is -0.380. The number of nitrogens with two attached hydrogens (primary N) is 1. The zero-order chi connectivity index (χ0) is 38.1. The molecular formula is C43H76NO7P. The number of phosphoric ester groups is 1. The van der Waals surface area contributed by atoms with Gasteiger partial charge in [-0.1, -0.05) is 132 Å². The summed E-state index contributed by atoms with van der Waals surface area (Å²) >= 11 is 0. The lowest BCUT2D eigenvalue weighted by Gasteiger charge is -2.19. The van der Waals surface area contributed by atoms with Crippen LogP contribution in [0.3, 0.4) is 0 Å². The predicted octanol–water partition coefficient (Wildman–Crippen LogP) is 12.3. The summed E-state index contributed by atoms with van der Waals surface area (Å²) in [5.41, 5.74) is 5.35. The molecule has 2 atom stereocenters. The van der Waals surface area contributed by atoms with Crippen molar-refractivity contribution >= 4 is 13.8 Å². The highest BCUT2D eigenvalue weighted by Gasteiger charge is 2.25. The minimum atomic E-state index is -4.30. The highest BCUT2D eigenvalue weighted by Crippen LogP contribution is 2.43. The van der Waals surface area contributed by atoms with Gasteiger partial charge in [-0.2, -0.15) is 0 Å². The molecule has 0 aliphatic rings. The van der Waals surface area contributed by atoms with Gasteiger partial charge in [0.1, 0.15) is 6.61 Å². The Bertz CT molecular complexity index is 1020. The molecule has 0 spiro atoms. The van der Waals surface area contributed by atoms with Crippen LogP contribution in [-0.4, -0.2) is 43.3 Å². The molecule has 8 nitrogen and oxygen atoms in total. The second-order valence-corrected chi connectivity index (χ2v) is 14.6. The minimum absolute atomic E-state index is 0.0151. The Morgan fingerprint density at radius 1 is 0.615 bits per heavy atom. The first-order valence-electron chi connectivity index (χ1n) is 20.5. The van der Waals surface area contributed by atoms with Gasteiger partial charge in [-0.15, -0.1) is 0 Å². The van der Waals surface area contributed by atoms with Crippen molar-refractivity contribution < 1.29 is 32.8 Å². The number of esters is 1. The summed E-state index contributed by atoms with van der Waals surface area (Å²) in [4.78, 5) is 22.4. The summed E-state index contributed by atoms with van der Waals surface area (Å²) in [6.45, 7) is 4.06. The molecule has 0 saturated heterocycles. The van der Waals surface area contributed by atoms with Gasteiger partial charge in [-0.25, -0.2) is 4.57 Å². The zero-order valence-corrected chi connectivity index (χ0v) is 33.9. The van der Waals surface area contributed by atoms with Gasteiger partial charge < -0.3 is 20.1 Å². The first-order chi connectivity index (χ1) is 25.4. The number of phosphoric acid groups is 1. The maximum absolute atomic E-state index is 12.5. The molecule has 0 bridgehead atoms. The molecule has 0 amide bonds. The largest absolute Gasteiger partial charge is 0.498 e. The van der Waals surface area contributed by atoms with Gasteiger partial charge in [-0.05, 0) is 89.5 Å². The average Bonchev–Trinajstić information content (AvgIpc) is 3.13. The molecular weight excluding hydrogens is 673 g/mol. The first-order valence-corrected chi connectivity index (χ1v) is 22.0. The average molecular weight is 750 g/mol. The van der Waals surface area contributed by atoms with Crippen molar-refractivity contribution in [3.63, 3.8) is 0 Å². The van der Waals surface area contributed by atoms with Gasteiger partial charge in [0.15, 0.2) is 6.10 Å². The van der Waals surface area contributed by atoms with Gasteiger partial charge >= 0.3 is 13.8 Å². The summed E-state index contributed by atoms with van der Waals surface area (Å²) in [7, 11) is -4.30. The molecule has 0 aromatic rings. The van der Waals surface area contributed by atoms with E-state index in [0.29, 0.717) is 0 Å². The number of hydrogen-bond acceptors (Lipinski definition) is 7. The molecule has 52 heavy (non-hydrogen) atoms. The maximum Gasteiger partial charge on any atom is 0.472 e. The maximum atomic E-state index is 12.5. The van der Waals surface area contributed by atoms with Gasteiger partial charge in [0.2, 0.25) is 0 Å². The van der Waals surface area contributed by atoms with Crippen LogP contribution in [0.25, 0.3) is 0 Å². The number of ether oxygens (including phenoxy) is 2. The lowest BCUT2D eigenvalue weighted by Crippen LogP contribution is -2.27. The highest BCUT2D eigenvalue weighted by atomic mass is 31.2. The smallest absolute Gasteiger partial charge is 0.472 e. The number of hydrogen-bond donors (Lipinski definition) is 2. The van der Waals surface area contributed by atoms with Crippen molar-refractivity contribution in [1.82, 2.24) is 0 Å². The van der Waals surface area contributed by atoms with Crippen LogP contribution in [0, 0.1) is 0 Å². The Balaban J connectivity index is 4.19. The zero-order valence-electron chi connectivity index (χ0n) is 33.0. The molecule has 0 saturated carbocycles. The minimum Gasteiger partial charge on any atom is -0.498 e. The van der Waals surface area contributed by atoms with E-state index >= 15 is 0 Å². The van der Waals surface area contributed by atoms with E-state index in [1.807, 2.05) is 6.08 Å².